The maximum atomic E-state index is 12.1. The normalized spacial score (nSPS) is 21.4. The van der Waals surface area contributed by atoms with Crippen LogP contribution < -0.4 is 5.32 Å². The molecule has 1 saturated heterocycles. The van der Waals surface area contributed by atoms with Crippen molar-refractivity contribution in [2.45, 2.75) is 31.8 Å². The zero-order valence-electron chi connectivity index (χ0n) is 13.4. The van der Waals surface area contributed by atoms with Gasteiger partial charge < -0.3 is 19.0 Å². The van der Waals surface area contributed by atoms with Crippen molar-refractivity contribution >= 4 is 5.91 Å². The van der Waals surface area contributed by atoms with Crippen LogP contribution in [0.5, 0.6) is 0 Å². The number of amides is 1. The van der Waals surface area contributed by atoms with Crippen LogP contribution in [0.2, 0.25) is 0 Å². The number of aromatic nitrogens is 2. The fraction of sp³-hybridized carbons (Fsp3) is 0.562. The maximum absolute atomic E-state index is 12.1. The van der Waals surface area contributed by atoms with Crippen molar-refractivity contribution in [3.63, 3.8) is 0 Å². The summed E-state index contributed by atoms with van der Waals surface area (Å²) in [5.74, 6) is 0.744. The lowest BCUT2D eigenvalue weighted by atomic mass is 9.92. The Balaban J connectivity index is 1.42. The number of hydrogen-bond acceptors (Lipinski definition) is 7. The van der Waals surface area contributed by atoms with Gasteiger partial charge in [0.25, 0.3) is 5.91 Å². The fourth-order valence-corrected chi connectivity index (χ4v) is 3.27. The average molecular weight is 332 g/mol. The van der Waals surface area contributed by atoms with Crippen LogP contribution in [-0.2, 0) is 24.1 Å². The first-order valence-electron chi connectivity index (χ1n) is 8.25. The molecule has 1 aliphatic carbocycles. The van der Waals surface area contributed by atoms with Crippen molar-refractivity contribution < 1.29 is 18.5 Å². The monoisotopic (exact) mass is 332 g/mol. The quantitative estimate of drug-likeness (QED) is 0.884. The van der Waals surface area contributed by atoms with Crippen molar-refractivity contribution in [3.8, 4) is 0 Å². The number of oxazole rings is 1. The van der Waals surface area contributed by atoms with E-state index < -0.39 is 0 Å². The maximum Gasteiger partial charge on any atom is 0.273 e. The number of nitrogens with zero attached hydrogens (tertiary/aromatic N) is 3. The van der Waals surface area contributed by atoms with Crippen LogP contribution in [0.4, 0.5) is 0 Å². The van der Waals surface area contributed by atoms with Gasteiger partial charge in [0.05, 0.1) is 13.2 Å². The van der Waals surface area contributed by atoms with Crippen LogP contribution in [-0.4, -0.2) is 53.3 Å². The van der Waals surface area contributed by atoms with Gasteiger partial charge >= 0.3 is 0 Å². The molecule has 1 amide bonds. The van der Waals surface area contributed by atoms with Crippen LogP contribution in [0.3, 0.4) is 0 Å². The summed E-state index contributed by atoms with van der Waals surface area (Å²) in [4.78, 5) is 18.3. The average Bonchev–Trinajstić information content (AvgIpc) is 3.26. The van der Waals surface area contributed by atoms with E-state index in [1.54, 1.807) is 0 Å². The van der Waals surface area contributed by atoms with Crippen molar-refractivity contribution in [2.75, 3.05) is 26.3 Å². The van der Waals surface area contributed by atoms with E-state index in [4.69, 9.17) is 13.7 Å². The summed E-state index contributed by atoms with van der Waals surface area (Å²) in [7, 11) is 0. The Labute approximate surface area is 139 Å². The smallest absolute Gasteiger partial charge is 0.273 e. The number of rotatable bonds is 4. The van der Waals surface area contributed by atoms with Gasteiger partial charge in [-0.1, -0.05) is 5.16 Å². The number of ether oxygens (including phenoxy) is 1. The summed E-state index contributed by atoms with van der Waals surface area (Å²) < 4.78 is 15.7. The summed E-state index contributed by atoms with van der Waals surface area (Å²) in [5.41, 5.74) is 2.42. The van der Waals surface area contributed by atoms with Crippen molar-refractivity contribution in [3.05, 3.63) is 35.4 Å². The largest absolute Gasteiger partial charge is 0.451 e. The SMILES string of the molecule is O=C(NC1CCc2onc(CN3CCOCC3)c2C1)c1cocn1. The number of carbonyl (C=O) groups is 1. The van der Waals surface area contributed by atoms with Gasteiger partial charge in [0.15, 0.2) is 12.1 Å². The van der Waals surface area contributed by atoms with Gasteiger partial charge in [-0.25, -0.2) is 4.98 Å². The number of carbonyl (C=O) groups excluding carboxylic acids is 1. The number of morpholine rings is 1. The summed E-state index contributed by atoms with van der Waals surface area (Å²) in [6.45, 7) is 4.11. The van der Waals surface area contributed by atoms with E-state index in [1.165, 1.54) is 12.7 Å². The molecule has 2 aliphatic rings. The first kappa shape index (κ1) is 15.3. The molecular weight excluding hydrogens is 312 g/mol. The third-order valence-corrected chi connectivity index (χ3v) is 4.60. The second-order valence-corrected chi connectivity index (χ2v) is 6.21. The molecule has 2 aromatic heterocycles. The molecule has 1 N–H and O–H groups in total. The zero-order valence-corrected chi connectivity index (χ0v) is 13.4. The van der Waals surface area contributed by atoms with Crippen LogP contribution in [0.1, 0.15) is 33.9 Å². The predicted octanol–water partition coefficient (Wildman–Crippen LogP) is 0.782. The van der Waals surface area contributed by atoms with Gasteiger partial charge in [-0.05, 0) is 12.8 Å². The minimum Gasteiger partial charge on any atom is -0.451 e. The molecular formula is C16H20N4O4. The van der Waals surface area contributed by atoms with Gasteiger partial charge in [0, 0.05) is 37.7 Å². The van der Waals surface area contributed by atoms with Gasteiger partial charge in [0.2, 0.25) is 0 Å². The van der Waals surface area contributed by atoms with Crippen LogP contribution >= 0.6 is 0 Å². The second-order valence-electron chi connectivity index (χ2n) is 6.21. The first-order chi connectivity index (χ1) is 11.8. The van der Waals surface area contributed by atoms with E-state index >= 15 is 0 Å². The molecule has 1 unspecified atom stereocenters. The van der Waals surface area contributed by atoms with E-state index in [0.717, 1.165) is 69.1 Å². The molecule has 1 atom stereocenters. The molecule has 1 fully saturated rings. The standard InChI is InChI=1S/C16H20N4O4/c21-16(14-9-23-10-17-14)18-11-1-2-15-12(7-11)13(19-24-15)8-20-3-5-22-6-4-20/h9-11H,1-8H2,(H,18,21). The molecule has 8 heteroatoms. The third kappa shape index (κ3) is 3.20. The predicted molar refractivity (Wildman–Crippen MR) is 82.4 cm³/mol. The molecule has 0 saturated carbocycles. The Hall–Kier alpha value is -2.19. The fourth-order valence-electron chi connectivity index (χ4n) is 3.27. The van der Waals surface area contributed by atoms with Gasteiger partial charge in [0.1, 0.15) is 17.7 Å². The molecule has 0 radical (unpaired) electrons. The van der Waals surface area contributed by atoms with E-state index in [2.05, 4.69) is 20.4 Å². The Morgan fingerprint density at radius 3 is 3.04 bits per heavy atom. The molecule has 4 rings (SSSR count). The lowest BCUT2D eigenvalue weighted by Gasteiger charge is -2.27. The molecule has 1 aliphatic heterocycles. The Morgan fingerprint density at radius 1 is 1.38 bits per heavy atom. The lowest BCUT2D eigenvalue weighted by Crippen LogP contribution is -2.39. The highest BCUT2D eigenvalue weighted by Gasteiger charge is 2.28. The number of nitrogens with one attached hydrogen (secondary N) is 1. The molecule has 0 bridgehead atoms. The van der Waals surface area contributed by atoms with Gasteiger partial charge in [-0.15, -0.1) is 0 Å². The Kier molecular flexibility index (Phi) is 4.31. The molecule has 24 heavy (non-hydrogen) atoms. The molecule has 8 nitrogen and oxygen atoms in total. The molecule has 3 heterocycles. The van der Waals surface area contributed by atoms with Crippen LogP contribution in [0.25, 0.3) is 0 Å². The minimum atomic E-state index is -0.205. The van der Waals surface area contributed by atoms with Crippen molar-refractivity contribution in [1.82, 2.24) is 20.4 Å². The molecule has 0 aromatic carbocycles. The van der Waals surface area contributed by atoms with E-state index in [1.807, 2.05) is 0 Å². The third-order valence-electron chi connectivity index (χ3n) is 4.60. The highest BCUT2D eigenvalue weighted by molar-refractivity contribution is 5.92. The van der Waals surface area contributed by atoms with Gasteiger partial charge in [-0.2, -0.15) is 0 Å². The molecule has 0 spiro atoms. The van der Waals surface area contributed by atoms with E-state index in [0.29, 0.717) is 5.69 Å². The van der Waals surface area contributed by atoms with Gasteiger partial charge in [-0.3, -0.25) is 9.69 Å². The number of aryl methyl sites for hydroxylation is 1. The summed E-state index contributed by atoms with van der Waals surface area (Å²) in [6.07, 6.45) is 4.97. The number of fused-ring (bicyclic) bond motifs is 1. The van der Waals surface area contributed by atoms with E-state index in [9.17, 15) is 4.79 Å². The molecule has 2 aromatic rings. The van der Waals surface area contributed by atoms with Crippen molar-refractivity contribution in [1.29, 1.82) is 0 Å². The Morgan fingerprint density at radius 2 is 2.25 bits per heavy atom. The highest BCUT2D eigenvalue weighted by Crippen LogP contribution is 2.26. The number of hydrogen-bond donors (Lipinski definition) is 1. The van der Waals surface area contributed by atoms with Crippen LogP contribution in [0.15, 0.2) is 21.6 Å². The van der Waals surface area contributed by atoms with E-state index in [-0.39, 0.29) is 11.9 Å². The topological polar surface area (TPSA) is 93.6 Å². The second kappa shape index (κ2) is 6.74. The summed E-state index contributed by atoms with van der Waals surface area (Å²) in [6, 6.07) is 0.0598. The summed E-state index contributed by atoms with van der Waals surface area (Å²) >= 11 is 0. The zero-order chi connectivity index (χ0) is 16.4. The first-order valence-corrected chi connectivity index (χ1v) is 8.25. The van der Waals surface area contributed by atoms with Crippen LogP contribution in [0, 0.1) is 0 Å². The Bertz CT molecular complexity index is 691. The minimum absolute atomic E-state index is 0.0598. The molecule has 128 valence electrons. The highest BCUT2D eigenvalue weighted by atomic mass is 16.5. The lowest BCUT2D eigenvalue weighted by molar-refractivity contribution is 0.0331. The van der Waals surface area contributed by atoms with Crippen molar-refractivity contribution in [2.24, 2.45) is 0 Å². The summed E-state index contributed by atoms with van der Waals surface area (Å²) in [5, 5.41) is 7.28.